The molecule has 3 aromatic rings. The molecule has 0 radical (unpaired) electrons. The van der Waals surface area contributed by atoms with Gasteiger partial charge in [0.05, 0.1) is 4.90 Å². The first-order valence-electron chi connectivity index (χ1n) is 12.6. The lowest BCUT2D eigenvalue weighted by Crippen LogP contribution is -2.58. The maximum absolute atomic E-state index is 13.7. The van der Waals surface area contributed by atoms with E-state index >= 15 is 0 Å². The average Bonchev–Trinajstić information content (AvgIpc) is 2.96. The third kappa shape index (κ3) is 7.43. The van der Waals surface area contributed by atoms with Crippen molar-refractivity contribution in [1.82, 2.24) is 9.79 Å². The number of nitrogens with one attached hydrogen (secondary N) is 1. The van der Waals surface area contributed by atoms with Gasteiger partial charge in [-0.3, -0.25) is 10.0 Å². The highest BCUT2D eigenvalue weighted by atomic mass is 32.2. The van der Waals surface area contributed by atoms with Crippen LogP contribution in [0.25, 0.3) is 0 Å². The third-order valence-electron chi connectivity index (χ3n) is 6.68. The molecule has 1 saturated heterocycles. The number of rotatable bonds is 9. The molecule has 1 aliphatic heterocycles. The summed E-state index contributed by atoms with van der Waals surface area (Å²) in [5.74, 6) is -2.73. The molecular formula is C26H22F6N2O9S2. The van der Waals surface area contributed by atoms with Crippen LogP contribution in [0.5, 0.6) is 23.0 Å². The van der Waals surface area contributed by atoms with Gasteiger partial charge in [0.15, 0.2) is 14.6 Å². The number of nitrogens with zero attached hydrogens (tertiary/aromatic N) is 1. The van der Waals surface area contributed by atoms with E-state index in [4.69, 9.17) is 4.74 Å². The fraction of sp³-hybridized carbons (Fsp3) is 0.269. The van der Waals surface area contributed by atoms with Gasteiger partial charge in [0.2, 0.25) is 10.0 Å². The van der Waals surface area contributed by atoms with Crippen molar-refractivity contribution in [3.63, 3.8) is 0 Å². The number of halogens is 6. The van der Waals surface area contributed by atoms with E-state index in [9.17, 15) is 53.2 Å². The van der Waals surface area contributed by atoms with Crippen molar-refractivity contribution in [3.8, 4) is 23.0 Å². The Morgan fingerprint density at radius 2 is 1.24 bits per heavy atom. The van der Waals surface area contributed by atoms with E-state index in [0.717, 1.165) is 42.5 Å². The molecule has 0 saturated carbocycles. The van der Waals surface area contributed by atoms with E-state index in [1.807, 2.05) is 0 Å². The van der Waals surface area contributed by atoms with Crippen LogP contribution < -0.4 is 19.7 Å². The lowest BCUT2D eigenvalue weighted by molar-refractivity contribution is -0.276. The maximum atomic E-state index is 13.7. The van der Waals surface area contributed by atoms with E-state index in [1.54, 1.807) is 0 Å². The number of benzene rings is 3. The quantitative estimate of drug-likeness (QED) is 0.185. The van der Waals surface area contributed by atoms with E-state index in [1.165, 1.54) is 35.8 Å². The second-order valence-electron chi connectivity index (χ2n) is 9.43. The zero-order valence-corrected chi connectivity index (χ0v) is 24.1. The Hall–Kier alpha value is -4.07. The molecule has 19 heteroatoms. The number of amides is 1. The topological polar surface area (TPSA) is 149 Å². The van der Waals surface area contributed by atoms with Gasteiger partial charge in [-0.2, -0.15) is 4.31 Å². The summed E-state index contributed by atoms with van der Waals surface area (Å²) in [6.45, 7) is -1.27. The molecule has 244 valence electrons. The number of para-hydroxylation sites is 1. The van der Waals surface area contributed by atoms with Crippen molar-refractivity contribution >= 4 is 25.8 Å². The summed E-state index contributed by atoms with van der Waals surface area (Å²) in [5.41, 5.74) is 1.30. The first-order valence-corrected chi connectivity index (χ1v) is 15.5. The molecule has 11 nitrogen and oxygen atoms in total. The van der Waals surface area contributed by atoms with Gasteiger partial charge in [-0.1, -0.05) is 12.1 Å². The van der Waals surface area contributed by atoms with Crippen molar-refractivity contribution in [1.29, 1.82) is 0 Å². The minimum Gasteiger partial charge on any atom is -0.457 e. The highest BCUT2D eigenvalue weighted by Gasteiger charge is 2.54. The number of carbonyl (C=O) groups excluding carboxylic acids is 1. The minimum atomic E-state index is -5.20. The number of sulfone groups is 1. The summed E-state index contributed by atoms with van der Waals surface area (Å²) >= 11 is 0. The van der Waals surface area contributed by atoms with Crippen LogP contribution in [0.1, 0.15) is 12.8 Å². The molecule has 1 amide bonds. The second-order valence-corrected chi connectivity index (χ2v) is 13.6. The van der Waals surface area contributed by atoms with E-state index < -0.39 is 90.5 Å². The van der Waals surface area contributed by atoms with Crippen LogP contribution in [0.3, 0.4) is 0 Å². The fourth-order valence-electron chi connectivity index (χ4n) is 4.58. The Kier molecular flexibility index (Phi) is 9.30. The standard InChI is InChI=1S/C26H22F6N2O9S2/c27-25(28,29)42-19-7-5-17(6-8-19)41-18-9-11-20(12-10-18)44(37,38)24(23(35)33-36)13-15-34(16-14-24)45(39,40)22-4-2-1-3-21(22)43-26(30,31)32/h1-12,36H,13-16H2,(H,33,35). The lowest BCUT2D eigenvalue weighted by Gasteiger charge is -2.38. The SMILES string of the molecule is O=C(NO)C1(S(=O)(=O)c2ccc(Oc3ccc(OC(F)(F)F)cc3)cc2)CCN(S(=O)(=O)c2ccccc2OC(F)(F)F)CC1. The normalized spacial score (nSPS) is 16.1. The van der Waals surface area contributed by atoms with Gasteiger partial charge < -0.3 is 14.2 Å². The highest BCUT2D eigenvalue weighted by Crippen LogP contribution is 2.40. The number of alkyl halides is 6. The Morgan fingerprint density at radius 3 is 1.76 bits per heavy atom. The van der Waals surface area contributed by atoms with Crippen LogP contribution in [0.2, 0.25) is 0 Å². The molecule has 0 bridgehead atoms. The molecule has 0 aromatic heterocycles. The predicted octanol–water partition coefficient (Wildman–Crippen LogP) is 4.78. The Balaban J connectivity index is 1.54. The van der Waals surface area contributed by atoms with Crippen LogP contribution in [-0.2, 0) is 24.7 Å². The molecular weight excluding hydrogens is 662 g/mol. The molecule has 0 unspecified atom stereocenters. The average molecular weight is 685 g/mol. The van der Waals surface area contributed by atoms with E-state index in [0.29, 0.717) is 4.31 Å². The van der Waals surface area contributed by atoms with Crippen LogP contribution in [0.4, 0.5) is 26.3 Å². The number of ether oxygens (including phenoxy) is 3. The van der Waals surface area contributed by atoms with Crippen LogP contribution >= 0.6 is 0 Å². The number of hydrogen-bond donors (Lipinski definition) is 2. The summed E-state index contributed by atoms with van der Waals surface area (Å²) in [6.07, 6.45) is -11.5. The highest BCUT2D eigenvalue weighted by molar-refractivity contribution is 7.93. The van der Waals surface area contributed by atoms with Crippen LogP contribution in [0, 0.1) is 0 Å². The van der Waals surface area contributed by atoms with Gasteiger partial charge in [-0.25, -0.2) is 22.3 Å². The van der Waals surface area contributed by atoms with Gasteiger partial charge in [0.1, 0.15) is 27.9 Å². The first kappa shape index (κ1) is 33.8. The minimum absolute atomic E-state index is 0.0553. The van der Waals surface area contributed by atoms with Crippen LogP contribution in [-0.4, -0.2) is 62.8 Å². The van der Waals surface area contributed by atoms with E-state index in [2.05, 4.69) is 9.47 Å². The van der Waals surface area contributed by atoms with E-state index in [-0.39, 0.29) is 11.5 Å². The zero-order valence-electron chi connectivity index (χ0n) is 22.5. The molecule has 0 atom stereocenters. The summed E-state index contributed by atoms with van der Waals surface area (Å²) < 4.78 is 141. The number of hydrogen-bond acceptors (Lipinski definition) is 9. The number of hydroxylamine groups is 1. The van der Waals surface area contributed by atoms with Crippen molar-refractivity contribution in [2.24, 2.45) is 0 Å². The van der Waals surface area contributed by atoms with Crippen molar-refractivity contribution in [2.75, 3.05) is 13.1 Å². The summed E-state index contributed by atoms with van der Waals surface area (Å²) in [5, 5.41) is 9.39. The summed E-state index contributed by atoms with van der Waals surface area (Å²) in [4.78, 5) is 11.6. The van der Waals surface area contributed by atoms with Crippen molar-refractivity contribution in [2.45, 2.75) is 40.1 Å². The molecule has 4 rings (SSSR count). The largest absolute Gasteiger partial charge is 0.573 e. The summed E-state index contributed by atoms with van der Waals surface area (Å²) in [7, 11) is -9.32. The monoisotopic (exact) mass is 684 g/mol. The van der Waals surface area contributed by atoms with Gasteiger partial charge in [-0.05, 0) is 73.5 Å². The van der Waals surface area contributed by atoms with Gasteiger partial charge in [0, 0.05) is 13.1 Å². The third-order valence-corrected chi connectivity index (χ3v) is 11.1. The van der Waals surface area contributed by atoms with Gasteiger partial charge in [-0.15, -0.1) is 26.3 Å². The molecule has 0 aliphatic carbocycles. The van der Waals surface area contributed by atoms with Gasteiger partial charge in [0.25, 0.3) is 5.91 Å². The zero-order chi connectivity index (χ0) is 33.3. The molecule has 1 aliphatic rings. The molecule has 45 heavy (non-hydrogen) atoms. The Labute approximate surface area is 251 Å². The van der Waals surface area contributed by atoms with Crippen LogP contribution in [0.15, 0.2) is 82.6 Å². The van der Waals surface area contributed by atoms with Gasteiger partial charge >= 0.3 is 12.7 Å². The first-order chi connectivity index (χ1) is 20.9. The second kappa shape index (κ2) is 12.4. The molecule has 1 fully saturated rings. The molecule has 1 heterocycles. The fourth-order valence-corrected chi connectivity index (χ4v) is 8.09. The molecule has 2 N–H and O–H groups in total. The summed E-state index contributed by atoms with van der Waals surface area (Å²) in [6, 6.07) is 12.8. The predicted molar refractivity (Wildman–Crippen MR) is 141 cm³/mol. The molecule has 0 spiro atoms. The number of carbonyl (C=O) groups is 1. The van der Waals surface area contributed by atoms with Crippen molar-refractivity contribution < 1.29 is 67.4 Å². The maximum Gasteiger partial charge on any atom is 0.573 e. The molecule has 3 aromatic carbocycles. The smallest absolute Gasteiger partial charge is 0.457 e. The number of sulfonamides is 1. The number of piperidine rings is 1. The lowest BCUT2D eigenvalue weighted by atomic mass is 9.96. The Morgan fingerprint density at radius 1 is 0.756 bits per heavy atom. The van der Waals surface area contributed by atoms with Crippen molar-refractivity contribution in [3.05, 3.63) is 72.8 Å². The Bertz CT molecular complexity index is 1740.